The Kier molecular flexibility index (Phi) is 1.51. The van der Waals surface area contributed by atoms with E-state index in [1.807, 2.05) is 35.2 Å². The number of amides is 1. The molecule has 0 saturated heterocycles. The van der Waals surface area contributed by atoms with Gasteiger partial charge in [-0.25, -0.2) is 0 Å². The van der Waals surface area contributed by atoms with Crippen LogP contribution in [0, 0.1) is 0 Å². The molecular formula is C12H10N2O. The summed E-state index contributed by atoms with van der Waals surface area (Å²) in [6.07, 6.45) is 4.41. The Morgan fingerprint density at radius 3 is 3.00 bits per heavy atom. The van der Waals surface area contributed by atoms with Crippen molar-refractivity contribution in [1.29, 1.82) is 0 Å². The lowest BCUT2D eigenvalue weighted by atomic mass is 10.0. The topological polar surface area (TPSA) is 48.0 Å². The van der Waals surface area contributed by atoms with E-state index in [9.17, 15) is 4.79 Å². The highest BCUT2D eigenvalue weighted by Gasteiger charge is 2.15. The average Bonchev–Trinajstić information content (AvgIpc) is 2.64. The molecular weight excluding hydrogens is 188 g/mol. The third-order valence-corrected chi connectivity index (χ3v) is 2.82. The highest BCUT2D eigenvalue weighted by Crippen LogP contribution is 2.27. The minimum absolute atomic E-state index is 0.341. The molecule has 2 heterocycles. The molecule has 15 heavy (non-hydrogen) atoms. The van der Waals surface area contributed by atoms with Crippen molar-refractivity contribution in [2.75, 3.05) is 0 Å². The van der Waals surface area contributed by atoms with Crippen molar-refractivity contribution in [1.82, 2.24) is 4.57 Å². The maximum Gasteiger partial charge on any atom is 0.246 e. The first-order valence-electron chi connectivity index (χ1n) is 4.84. The maximum atomic E-state index is 11.1. The lowest BCUT2D eigenvalue weighted by molar-refractivity contribution is -0.114. The van der Waals surface area contributed by atoms with Crippen LogP contribution in [0.3, 0.4) is 0 Å². The van der Waals surface area contributed by atoms with Crippen LogP contribution >= 0.6 is 0 Å². The molecule has 0 bridgehead atoms. The molecule has 2 N–H and O–H groups in total. The molecule has 0 unspecified atom stereocenters. The number of rotatable bonds is 1. The van der Waals surface area contributed by atoms with Gasteiger partial charge in [-0.2, -0.15) is 0 Å². The Hall–Kier alpha value is -2.03. The van der Waals surface area contributed by atoms with Gasteiger partial charge in [-0.3, -0.25) is 4.79 Å². The molecule has 0 saturated carbocycles. The van der Waals surface area contributed by atoms with E-state index in [-0.39, 0.29) is 5.91 Å². The fraction of sp³-hybridized carbons (Fsp3) is 0.0833. The van der Waals surface area contributed by atoms with Gasteiger partial charge in [0, 0.05) is 29.8 Å². The van der Waals surface area contributed by atoms with E-state index in [0.29, 0.717) is 12.0 Å². The zero-order chi connectivity index (χ0) is 10.4. The van der Waals surface area contributed by atoms with E-state index in [1.54, 1.807) is 0 Å². The summed E-state index contributed by atoms with van der Waals surface area (Å²) in [4.78, 5) is 11.1. The molecule has 0 spiro atoms. The molecule has 3 rings (SSSR count). The lowest BCUT2D eigenvalue weighted by Crippen LogP contribution is -2.18. The number of hydrogen-bond donors (Lipinski definition) is 1. The molecule has 1 aliphatic rings. The number of aromatic nitrogens is 1. The van der Waals surface area contributed by atoms with Gasteiger partial charge in [-0.1, -0.05) is 18.2 Å². The fourth-order valence-electron chi connectivity index (χ4n) is 2.12. The van der Waals surface area contributed by atoms with E-state index in [4.69, 9.17) is 5.73 Å². The Bertz CT molecular complexity index is 593. The van der Waals surface area contributed by atoms with Crippen LogP contribution in [-0.4, -0.2) is 10.5 Å². The molecule has 3 heteroatoms. The number of benzene rings is 1. The molecule has 3 nitrogen and oxygen atoms in total. The Morgan fingerprint density at radius 2 is 2.20 bits per heavy atom. The van der Waals surface area contributed by atoms with Gasteiger partial charge in [-0.15, -0.1) is 0 Å². The van der Waals surface area contributed by atoms with Gasteiger partial charge in [0.05, 0.1) is 5.52 Å². The summed E-state index contributed by atoms with van der Waals surface area (Å²) in [5.41, 5.74) is 8.30. The summed E-state index contributed by atoms with van der Waals surface area (Å²) >= 11 is 0. The van der Waals surface area contributed by atoms with E-state index >= 15 is 0 Å². The van der Waals surface area contributed by atoms with Crippen LogP contribution in [-0.2, 0) is 11.2 Å². The van der Waals surface area contributed by atoms with Crippen molar-refractivity contribution in [3.63, 3.8) is 0 Å². The van der Waals surface area contributed by atoms with Crippen LogP contribution in [0.5, 0.6) is 0 Å². The summed E-state index contributed by atoms with van der Waals surface area (Å²) in [7, 11) is 0. The second-order valence-corrected chi connectivity index (χ2v) is 3.77. The summed E-state index contributed by atoms with van der Waals surface area (Å²) in [6, 6.07) is 8.15. The minimum atomic E-state index is -0.341. The van der Waals surface area contributed by atoms with Crippen LogP contribution in [0.4, 0.5) is 0 Å². The van der Waals surface area contributed by atoms with Crippen molar-refractivity contribution < 1.29 is 4.79 Å². The summed E-state index contributed by atoms with van der Waals surface area (Å²) in [5.74, 6) is -0.341. The molecule has 74 valence electrons. The zero-order valence-electron chi connectivity index (χ0n) is 8.10. The van der Waals surface area contributed by atoms with E-state index < -0.39 is 0 Å². The zero-order valence-corrected chi connectivity index (χ0v) is 8.10. The van der Waals surface area contributed by atoms with E-state index in [2.05, 4.69) is 6.07 Å². The van der Waals surface area contributed by atoms with E-state index in [0.717, 1.165) is 5.56 Å². The SMILES string of the molecule is NC(=O)C1=Cn2ccc3cccc(c32)C1. The predicted octanol–water partition coefficient (Wildman–Crippen LogP) is 1.52. The van der Waals surface area contributed by atoms with Crippen molar-refractivity contribution in [3.8, 4) is 0 Å². The Labute approximate surface area is 86.8 Å². The van der Waals surface area contributed by atoms with Crippen molar-refractivity contribution >= 4 is 23.0 Å². The highest BCUT2D eigenvalue weighted by atomic mass is 16.1. The maximum absolute atomic E-state index is 11.1. The third-order valence-electron chi connectivity index (χ3n) is 2.82. The van der Waals surface area contributed by atoms with Crippen molar-refractivity contribution in [2.45, 2.75) is 6.42 Å². The van der Waals surface area contributed by atoms with Gasteiger partial charge in [0.15, 0.2) is 0 Å². The minimum Gasteiger partial charge on any atom is -0.366 e. The average molecular weight is 198 g/mol. The molecule has 0 aliphatic carbocycles. The number of nitrogens with zero attached hydrogens (tertiary/aromatic N) is 1. The number of primary amides is 1. The number of hydrogen-bond acceptors (Lipinski definition) is 1. The lowest BCUT2D eigenvalue weighted by Gasteiger charge is -2.14. The molecule has 1 aliphatic heterocycles. The molecule has 0 atom stereocenters. The largest absolute Gasteiger partial charge is 0.366 e. The quantitative estimate of drug-likeness (QED) is 0.742. The van der Waals surface area contributed by atoms with Crippen LogP contribution in [0.2, 0.25) is 0 Å². The second-order valence-electron chi connectivity index (χ2n) is 3.77. The first kappa shape index (κ1) is 8.29. The number of para-hydroxylation sites is 1. The van der Waals surface area contributed by atoms with Gasteiger partial charge < -0.3 is 10.3 Å². The molecule has 1 aromatic heterocycles. The predicted molar refractivity (Wildman–Crippen MR) is 59.1 cm³/mol. The Balaban J connectivity index is 2.33. The highest BCUT2D eigenvalue weighted by molar-refractivity contribution is 5.99. The number of carbonyl (C=O) groups is 1. The van der Waals surface area contributed by atoms with Crippen molar-refractivity contribution in [2.24, 2.45) is 5.73 Å². The molecule has 0 fully saturated rings. The number of carbonyl (C=O) groups excluding carboxylic acids is 1. The van der Waals surface area contributed by atoms with Crippen LogP contribution in [0.15, 0.2) is 36.0 Å². The van der Waals surface area contributed by atoms with Gasteiger partial charge in [0.25, 0.3) is 0 Å². The van der Waals surface area contributed by atoms with Crippen LogP contribution < -0.4 is 5.73 Å². The third kappa shape index (κ3) is 1.09. The van der Waals surface area contributed by atoms with Gasteiger partial charge in [-0.05, 0) is 11.6 Å². The molecule has 1 amide bonds. The fourth-order valence-corrected chi connectivity index (χ4v) is 2.12. The Morgan fingerprint density at radius 1 is 1.33 bits per heavy atom. The second kappa shape index (κ2) is 2.73. The van der Waals surface area contributed by atoms with Crippen LogP contribution in [0.1, 0.15) is 5.56 Å². The van der Waals surface area contributed by atoms with Gasteiger partial charge >= 0.3 is 0 Å². The van der Waals surface area contributed by atoms with Crippen molar-refractivity contribution in [3.05, 3.63) is 41.6 Å². The molecule has 0 radical (unpaired) electrons. The molecule has 1 aromatic carbocycles. The van der Waals surface area contributed by atoms with Gasteiger partial charge in [0.1, 0.15) is 0 Å². The van der Waals surface area contributed by atoms with Crippen LogP contribution in [0.25, 0.3) is 17.1 Å². The summed E-state index contributed by atoms with van der Waals surface area (Å²) in [6.45, 7) is 0. The molecule has 2 aromatic rings. The van der Waals surface area contributed by atoms with E-state index in [1.165, 1.54) is 10.9 Å². The smallest absolute Gasteiger partial charge is 0.246 e. The summed E-state index contributed by atoms with van der Waals surface area (Å²) in [5, 5.41) is 1.20. The van der Waals surface area contributed by atoms with Gasteiger partial charge in [0.2, 0.25) is 5.91 Å². The normalized spacial score (nSPS) is 14.0. The first-order valence-corrected chi connectivity index (χ1v) is 4.84. The first-order chi connectivity index (χ1) is 7.25. The standard InChI is InChI=1S/C12H10N2O/c13-12(15)10-6-9-3-1-2-8-4-5-14(7-10)11(8)9/h1-5,7H,6H2,(H2,13,15). The summed E-state index contributed by atoms with van der Waals surface area (Å²) < 4.78 is 1.97. The monoisotopic (exact) mass is 198 g/mol. The number of nitrogens with two attached hydrogens (primary N) is 1.